The lowest BCUT2D eigenvalue weighted by molar-refractivity contribution is 0.134. The molecule has 128 valence electrons. The molecule has 2 aromatic rings. The number of aromatic nitrogens is 2. The van der Waals surface area contributed by atoms with Crippen LogP contribution < -0.4 is 16.0 Å². The molecule has 0 spiro atoms. The van der Waals surface area contributed by atoms with E-state index in [0.29, 0.717) is 11.6 Å². The molecular formula is C17H22ClN5O. The second-order valence-corrected chi connectivity index (χ2v) is 6.26. The van der Waals surface area contributed by atoms with E-state index in [-0.39, 0.29) is 12.0 Å². The summed E-state index contributed by atoms with van der Waals surface area (Å²) in [7, 11) is 1.89. The lowest BCUT2D eigenvalue weighted by Gasteiger charge is -2.31. The highest BCUT2D eigenvalue weighted by atomic mass is 35.5. The highest BCUT2D eigenvalue weighted by Gasteiger charge is 2.27. The summed E-state index contributed by atoms with van der Waals surface area (Å²) in [5, 5.41) is 3.87. The Kier molecular flexibility index (Phi) is 5.06. The maximum Gasteiger partial charge on any atom is 0.222 e. The van der Waals surface area contributed by atoms with Crippen LogP contribution in [0.25, 0.3) is 0 Å². The fourth-order valence-corrected chi connectivity index (χ4v) is 3.23. The van der Waals surface area contributed by atoms with Crippen LogP contribution in [0.1, 0.15) is 23.7 Å². The Morgan fingerprint density at radius 3 is 2.92 bits per heavy atom. The van der Waals surface area contributed by atoms with E-state index in [1.807, 2.05) is 32.2 Å². The third-order valence-electron chi connectivity index (χ3n) is 4.14. The summed E-state index contributed by atoms with van der Waals surface area (Å²) in [5.74, 6) is 1.09. The van der Waals surface area contributed by atoms with Gasteiger partial charge in [0.2, 0.25) is 5.95 Å². The quantitative estimate of drug-likeness (QED) is 0.888. The molecule has 1 aromatic heterocycles. The fraction of sp³-hybridized carbons (Fsp3) is 0.412. The number of nitrogens with one attached hydrogen (secondary N) is 1. The van der Waals surface area contributed by atoms with Crippen LogP contribution in [0.2, 0.25) is 5.02 Å². The van der Waals surface area contributed by atoms with Gasteiger partial charge in [-0.2, -0.15) is 4.98 Å². The second-order valence-electron chi connectivity index (χ2n) is 5.85. The number of nitrogens with two attached hydrogens (primary N) is 1. The molecule has 2 heterocycles. The topological polar surface area (TPSA) is 76.3 Å². The number of rotatable bonds is 3. The molecule has 1 aromatic carbocycles. The molecule has 1 atom stereocenters. The van der Waals surface area contributed by atoms with Crippen LogP contribution in [0.15, 0.2) is 24.3 Å². The van der Waals surface area contributed by atoms with Gasteiger partial charge in [0.05, 0.1) is 12.6 Å². The molecule has 7 heteroatoms. The van der Waals surface area contributed by atoms with Crippen molar-refractivity contribution < 1.29 is 4.74 Å². The minimum Gasteiger partial charge on any atom is -0.388 e. The molecule has 1 aliphatic heterocycles. The first-order chi connectivity index (χ1) is 11.6. The molecule has 0 aliphatic carbocycles. The van der Waals surface area contributed by atoms with Gasteiger partial charge >= 0.3 is 0 Å². The molecular weight excluding hydrogens is 326 g/mol. The third-order valence-corrected chi connectivity index (χ3v) is 4.48. The van der Waals surface area contributed by atoms with E-state index in [4.69, 9.17) is 22.1 Å². The van der Waals surface area contributed by atoms with Crippen LogP contribution >= 0.6 is 11.6 Å². The van der Waals surface area contributed by atoms with E-state index in [2.05, 4.69) is 26.3 Å². The number of nitrogens with zero attached hydrogens (tertiary/aromatic N) is 3. The first-order valence-electron chi connectivity index (χ1n) is 8.01. The van der Waals surface area contributed by atoms with Gasteiger partial charge in [-0.1, -0.05) is 11.6 Å². The van der Waals surface area contributed by atoms with Crippen molar-refractivity contribution >= 4 is 29.1 Å². The molecule has 1 aliphatic rings. The molecule has 6 nitrogen and oxygen atoms in total. The van der Waals surface area contributed by atoms with Gasteiger partial charge in [0.15, 0.2) is 0 Å². The summed E-state index contributed by atoms with van der Waals surface area (Å²) in [6, 6.07) is 7.85. The van der Waals surface area contributed by atoms with Crippen molar-refractivity contribution in [3.8, 4) is 0 Å². The molecule has 0 radical (unpaired) electrons. The zero-order chi connectivity index (χ0) is 17.1. The molecule has 0 amide bonds. The molecule has 3 N–H and O–H groups in total. The minimum absolute atomic E-state index is 0.0259. The van der Waals surface area contributed by atoms with Gasteiger partial charge in [-0.05, 0) is 37.1 Å². The molecule has 0 saturated carbocycles. The van der Waals surface area contributed by atoms with Crippen molar-refractivity contribution in [2.45, 2.75) is 19.4 Å². The van der Waals surface area contributed by atoms with Crippen LogP contribution in [0.4, 0.5) is 17.5 Å². The predicted molar refractivity (Wildman–Crippen MR) is 97.7 cm³/mol. The summed E-state index contributed by atoms with van der Waals surface area (Å²) >= 11 is 6.49. The van der Waals surface area contributed by atoms with Crippen molar-refractivity contribution in [3.05, 3.63) is 40.5 Å². The number of ether oxygens (including phenoxy) is 1. The summed E-state index contributed by atoms with van der Waals surface area (Å²) in [4.78, 5) is 10.8. The van der Waals surface area contributed by atoms with Crippen molar-refractivity contribution in [1.82, 2.24) is 9.97 Å². The largest absolute Gasteiger partial charge is 0.388 e. The SMILES string of the molecule is CNc1ccc(Cl)c(C2COCCCN2c2cc(C)nc(N)n2)c1. The Bertz CT molecular complexity index is 704. The molecule has 24 heavy (non-hydrogen) atoms. The Morgan fingerprint density at radius 1 is 1.33 bits per heavy atom. The van der Waals surface area contributed by atoms with Crippen molar-refractivity contribution in [2.75, 3.05) is 42.8 Å². The Balaban J connectivity index is 2.05. The summed E-state index contributed by atoms with van der Waals surface area (Å²) < 4.78 is 5.81. The molecule has 0 bridgehead atoms. The third kappa shape index (κ3) is 3.55. The van der Waals surface area contributed by atoms with Crippen molar-refractivity contribution in [3.63, 3.8) is 0 Å². The molecule has 1 unspecified atom stereocenters. The van der Waals surface area contributed by atoms with E-state index in [0.717, 1.165) is 42.3 Å². The minimum atomic E-state index is -0.0259. The monoisotopic (exact) mass is 347 g/mol. The van der Waals surface area contributed by atoms with E-state index < -0.39 is 0 Å². The maximum absolute atomic E-state index is 6.49. The zero-order valence-electron chi connectivity index (χ0n) is 13.9. The Labute approximate surface area is 147 Å². The first-order valence-corrected chi connectivity index (χ1v) is 8.39. The van der Waals surface area contributed by atoms with E-state index in [1.165, 1.54) is 0 Å². The van der Waals surface area contributed by atoms with E-state index >= 15 is 0 Å². The number of anilines is 3. The number of hydrogen-bond donors (Lipinski definition) is 2. The standard InChI is InChI=1S/C17H22ClN5O/c1-11-8-16(22-17(19)21-11)23-6-3-7-24-10-15(23)13-9-12(20-2)4-5-14(13)18/h4-5,8-9,15,20H,3,6-7,10H2,1-2H3,(H2,19,21,22). The number of aryl methyl sites for hydroxylation is 1. The smallest absolute Gasteiger partial charge is 0.222 e. The summed E-state index contributed by atoms with van der Waals surface area (Å²) in [6.07, 6.45) is 0.919. The van der Waals surface area contributed by atoms with Crippen LogP contribution in [0.5, 0.6) is 0 Å². The highest BCUT2D eigenvalue weighted by Crippen LogP contribution is 2.34. The number of nitrogen functional groups attached to an aromatic ring is 1. The number of hydrogen-bond acceptors (Lipinski definition) is 6. The Morgan fingerprint density at radius 2 is 2.17 bits per heavy atom. The fourth-order valence-electron chi connectivity index (χ4n) is 2.99. The van der Waals surface area contributed by atoms with Gasteiger partial charge in [0.25, 0.3) is 0 Å². The molecule has 1 saturated heterocycles. The second kappa shape index (κ2) is 7.23. The average Bonchev–Trinajstić information content (AvgIpc) is 2.80. The normalized spacial score (nSPS) is 18.3. The van der Waals surface area contributed by atoms with Crippen molar-refractivity contribution in [1.29, 1.82) is 0 Å². The van der Waals surface area contributed by atoms with Crippen LogP contribution in [-0.4, -0.2) is 36.8 Å². The van der Waals surface area contributed by atoms with Crippen LogP contribution in [0, 0.1) is 6.92 Å². The average molecular weight is 348 g/mol. The van der Waals surface area contributed by atoms with Gasteiger partial charge in [-0.25, -0.2) is 4.98 Å². The van der Waals surface area contributed by atoms with E-state index in [9.17, 15) is 0 Å². The first kappa shape index (κ1) is 16.8. The van der Waals surface area contributed by atoms with Crippen LogP contribution in [0.3, 0.4) is 0 Å². The Hall–Kier alpha value is -2.05. The van der Waals surface area contributed by atoms with E-state index in [1.54, 1.807) is 0 Å². The number of benzene rings is 1. The summed E-state index contributed by atoms with van der Waals surface area (Å²) in [6.45, 7) is 4.01. The van der Waals surface area contributed by atoms with Gasteiger partial charge in [0, 0.05) is 42.7 Å². The number of halogens is 1. The molecule has 1 fully saturated rings. The van der Waals surface area contributed by atoms with Gasteiger partial charge in [-0.15, -0.1) is 0 Å². The summed E-state index contributed by atoms with van der Waals surface area (Å²) in [5.41, 5.74) is 8.72. The van der Waals surface area contributed by atoms with Crippen molar-refractivity contribution in [2.24, 2.45) is 0 Å². The molecule has 3 rings (SSSR count). The van der Waals surface area contributed by atoms with Gasteiger partial charge in [-0.3, -0.25) is 0 Å². The zero-order valence-corrected chi connectivity index (χ0v) is 14.7. The predicted octanol–water partition coefficient (Wildman–Crippen LogP) is 3.03. The lowest BCUT2D eigenvalue weighted by atomic mass is 10.0. The highest BCUT2D eigenvalue weighted by molar-refractivity contribution is 6.31. The van der Waals surface area contributed by atoms with Gasteiger partial charge in [0.1, 0.15) is 5.82 Å². The lowest BCUT2D eigenvalue weighted by Crippen LogP contribution is -2.32. The maximum atomic E-state index is 6.49. The van der Waals surface area contributed by atoms with Gasteiger partial charge < -0.3 is 20.7 Å². The van der Waals surface area contributed by atoms with Crippen LogP contribution in [-0.2, 0) is 4.74 Å².